The number of halogens is 1. The van der Waals surface area contributed by atoms with Gasteiger partial charge in [-0.3, -0.25) is 4.99 Å². The summed E-state index contributed by atoms with van der Waals surface area (Å²) in [6.45, 7) is 7.20. The summed E-state index contributed by atoms with van der Waals surface area (Å²) in [6, 6.07) is 6.08. The van der Waals surface area contributed by atoms with Gasteiger partial charge in [-0.25, -0.2) is 4.39 Å². The molecule has 1 rings (SSSR count). The molecule has 0 aromatic heterocycles. The van der Waals surface area contributed by atoms with E-state index in [1.54, 1.807) is 12.1 Å². The van der Waals surface area contributed by atoms with Gasteiger partial charge in [0.1, 0.15) is 11.6 Å². The van der Waals surface area contributed by atoms with Crippen LogP contribution < -0.4 is 15.4 Å². The standard InChI is InChI=1S/C15H24FN3O/c1-3-17-15(18-4-2)19-11-5-6-12-20-14-9-7-13(16)8-10-14/h7-10H,3-6,11-12H2,1-2H3,(H2,17,18,19). The number of benzene rings is 1. The Morgan fingerprint density at radius 3 is 2.35 bits per heavy atom. The second-order valence-electron chi connectivity index (χ2n) is 4.30. The molecular weight excluding hydrogens is 257 g/mol. The molecule has 0 amide bonds. The third kappa shape index (κ3) is 6.97. The molecule has 0 atom stereocenters. The number of aliphatic imine (C=N–C) groups is 1. The first-order chi connectivity index (χ1) is 9.76. The molecule has 0 spiro atoms. The van der Waals surface area contributed by atoms with Crippen LogP contribution in [0.4, 0.5) is 4.39 Å². The van der Waals surface area contributed by atoms with Gasteiger partial charge in [-0.2, -0.15) is 0 Å². The summed E-state index contributed by atoms with van der Waals surface area (Å²) in [7, 11) is 0. The van der Waals surface area contributed by atoms with Gasteiger partial charge < -0.3 is 15.4 Å². The molecule has 0 saturated carbocycles. The summed E-state index contributed by atoms with van der Waals surface area (Å²) in [6.07, 6.45) is 1.88. The van der Waals surface area contributed by atoms with E-state index in [0.29, 0.717) is 12.4 Å². The van der Waals surface area contributed by atoms with Crippen molar-refractivity contribution in [3.8, 4) is 5.75 Å². The van der Waals surface area contributed by atoms with Crippen molar-refractivity contribution in [1.29, 1.82) is 0 Å². The Morgan fingerprint density at radius 1 is 1.10 bits per heavy atom. The molecule has 0 heterocycles. The number of hydrogen-bond acceptors (Lipinski definition) is 2. The molecule has 112 valence electrons. The van der Waals surface area contributed by atoms with E-state index in [9.17, 15) is 4.39 Å². The predicted octanol–water partition coefficient (Wildman–Crippen LogP) is 2.56. The van der Waals surface area contributed by atoms with Crippen LogP contribution in [0.1, 0.15) is 26.7 Å². The van der Waals surface area contributed by atoms with Gasteiger partial charge in [-0.1, -0.05) is 0 Å². The third-order valence-electron chi connectivity index (χ3n) is 2.59. The minimum absolute atomic E-state index is 0.244. The molecule has 0 bridgehead atoms. The Morgan fingerprint density at radius 2 is 1.75 bits per heavy atom. The average Bonchev–Trinajstić information content (AvgIpc) is 2.45. The van der Waals surface area contributed by atoms with Gasteiger partial charge in [0.2, 0.25) is 0 Å². The van der Waals surface area contributed by atoms with E-state index in [-0.39, 0.29) is 5.82 Å². The summed E-state index contributed by atoms with van der Waals surface area (Å²) in [5.41, 5.74) is 0. The van der Waals surface area contributed by atoms with E-state index in [1.807, 2.05) is 13.8 Å². The molecular formula is C15H24FN3O. The van der Waals surface area contributed by atoms with Crippen LogP contribution >= 0.6 is 0 Å². The first kappa shape index (κ1) is 16.3. The Balaban J connectivity index is 2.14. The quantitative estimate of drug-likeness (QED) is 0.437. The third-order valence-corrected chi connectivity index (χ3v) is 2.59. The Bertz CT molecular complexity index is 385. The van der Waals surface area contributed by atoms with E-state index >= 15 is 0 Å². The minimum atomic E-state index is -0.244. The summed E-state index contributed by atoms with van der Waals surface area (Å²) in [5.74, 6) is 1.32. The van der Waals surface area contributed by atoms with Gasteiger partial charge in [-0.05, 0) is 51.0 Å². The first-order valence-electron chi connectivity index (χ1n) is 7.16. The molecule has 1 aromatic carbocycles. The molecule has 5 heteroatoms. The smallest absolute Gasteiger partial charge is 0.191 e. The van der Waals surface area contributed by atoms with Crippen molar-refractivity contribution in [1.82, 2.24) is 10.6 Å². The highest BCUT2D eigenvalue weighted by atomic mass is 19.1. The predicted molar refractivity (Wildman–Crippen MR) is 80.8 cm³/mol. The SMILES string of the molecule is CCNC(=NCCCCOc1ccc(F)cc1)NCC. The van der Waals surface area contributed by atoms with Crippen molar-refractivity contribution in [2.24, 2.45) is 4.99 Å². The number of nitrogens with one attached hydrogen (secondary N) is 2. The topological polar surface area (TPSA) is 45.7 Å². The largest absolute Gasteiger partial charge is 0.494 e. The lowest BCUT2D eigenvalue weighted by molar-refractivity contribution is 0.307. The van der Waals surface area contributed by atoms with Crippen LogP contribution in [0.5, 0.6) is 5.75 Å². The summed E-state index contributed by atoms with van der Waals surface area (Å²) in [4.78, 5) is 4.45. The lowest BCUT2D eigenvalue weighted by Gasteiger charge is -2.09. The first-order valence-corrected chi connectivity index (χ1v) is 7.16. The van der Waals surface area contributed by atoms with Crippen molar-refractivity contribution in [2.75, 3.05) is 26.2 Å². The number of unbranched alkanes of at least 4 members (excludes halogenated alkanes) is 1. The van der Waals surface area contributed by atoms with E-state index in [4.69, 9.17) is 4.74 Å². The maximum atomic E-state index is 12.7. The second-order valence-corrected chi connectivity index (χ2v) is 4.30. The number of hydrogen-bond donors (Lipinski definition) is 2. The lowest BCUT2D eigenvalue weighted by Crippen LogP contribution is -2.37. The Labute approximate surface area is 120 Å². The Kier molecular flexibility index (Phi) is 8.19. The molecule has 0 fully saturated rings. The van der Waals surface area contributed by atoms with Gasteiger partial charge >= 0.3 is 0 Å². The second kappa shape index (κ2) is 10.1. The fourth-order valence-electron chi connectivity index (χ4n) is 1.63. The van der Waals surface area contributed by atoms with Crippen LogP contribution in [0.3, 0.4) is 0 Å². The van der Waals surface area contributed by atoms with Gasteiger partial charge in [0.15, 0.2) is 5.96 Å². The molecule has 0 aliphatic heterocycles. The van der Waals surface area contributed by atoms with Crippen LogP contribution in [-0.4, -0.2) is 32.2 Å². The highest BCUT2D eigenvalue weighted by Gasteiger charge is 1.96. The number of rotatable bonds is 8. The van der Waals surface area contributed by atoms with Crippen LogP contribution in [0.25, 0.3) is 0 Å². The molecule has 20 heavy (non-hydrogen) atoms. The number of ether oxygens (including phenoxy) is 1. The summed E-state index contributed by atoms with van der Waals surface area (Å²) < 4.78 is 18.2. The lowest BCUT2D eigenvalue weighted by atomic mass is 10.3. The monoisotopic (exact) mass is 281 g/mol. The maximum absolute atomic E-state index is 12.7. The van der Waals surface area contributed by atoms with Crippen molar-refractivity contribution in [3.05, 3.63) is 30.1 Å². The molecule has 0 aliphatic rings. The summed E-state index contributed by atoms with van der Waals surface area (Å²) >= 11 is 0. The van der Waals surface area contributed by atoms with E-state index in [2.05, 4.69) is 15.6 Å². The van der Waals surface area contributed by atoms with Crippen molar-refractivity contribution < 1.29 is 9.13 Å². The van der Waals surface area contributed by atoms with E-state index < -0.39 is 0 Å². The number of nitrogens with zero attached hydrogens (tertiary/aromatic N) is 1. The molecule has 0 aliphatic carbocycles. The Hall–Kier alpha value is -1.78. The van der Waals surface area contributed by atoms with Gasteiger partial charge in [-0.15, -0.1) is 0 Å². The highest BCUT2D eigenvalue weighted by molar-refractivity contribution is 5.79. The summed E-state index contributed by atoms with van der Waals surface area (Å²) in [5, 5.41) is 6.36. The molecule has 4 nitrogen and oxygen atoms in total. The average molecular weight is 281 g/mol. The molecule has 0 unspecified atom stereocenters. The molecule has 0 radical (unpaired) electrons. The van der Waals surface area contributed by atoms with Gasteiger partial charge in [0.25, 0.3) is 0 Å². The number of guanidine groups is 1. The van der Waals surface area contributed by atoms with Crippen molar-refractivity contribution in [2.45, 2.75) is 26.7 Å². The minimum Gasteiger partial charge on any atom is -0.494 e. The van der Waals surface area contributed by atoms with Gasteiger partial charge in [0, 0.05) is 19.6 Å². The van der Waals surface area contributed by atoms with Crippen LogP contribution in [-0.2, 0) is 0 Å². The maximum Gasteiger partial charge on any atom is 0.191 e. The fourth-order valence-corrected chi connectivity index (χ4v) is 1.63. The zero-order valence-corrected chi connectivity index (χ0v) is 12.3. The van der Waals surface area contributed by atoms with Crippen molar-refractivity contribution in [3.63, 3.8) is 0 Å². The van der Waals surface area contributed by atoms with Crippen LogP contribution in [0.15, 0.2) is 29.3 Å². The van der Waals surface area contributed by atoms with E-state index in [1.165, 1.54) is 12.1 Å². The highest BCUT2D eigenvalue weighted by Crippen LogP contribution is 2.11. The fraction of sp³-hybridized carbons (Fsp3) is 0.533. The normalized spacial score (nSPS) is 9.95. The zero-order valence-electron chi connectivity index (χ0n) is 12.3. The van der Waals surface area contributed by atoms with Crippen LogP contribution in [0, 0.1) is 5.82 Å². The molecule has 0 saturated heterocycles. The van der Waals surface area contributed by atoms with Crippen LogP contribution in [0.2, 0.25) is 0 Å². The van der Waals surface area contributed by atoms with E-state index in [0.717, 1.165) is 38.4 Å². The molecule has 1 aromatic rings. The zero-order chi connectivity index (χ0) is 14.6. The van der Waals surface area contributed by atoms with Gasteiger partial charge in [0.05, 0.1) is 6.61 Å². The van der Waals surface area contributed by atoms with Crippen molar-refractivity contribution >= 4 is 5.96 Å². The molecule has 2 N–H and O–H groups in total.